The summed E-state index contributed by atoms with van der Waals surface area (Å²) in [5.74, 6) is 0. The van der Waals surface area contributed by atoms with Crippen molar-refractivity contribution >= 4 is 20.8 Å². The van der Waals surface area contributed by atoms with Crippen molar-refractivity contribution in [1.82, 2.24) is 0 Å². The molecule has 100 valence electrons. The van der Waals surface area contributed by atoms with E-state index in [4.69, 9.17) is 35.0 Å². The Labute approximate surface area is 964 Å². The zero-order valence-electron chi connectivity index (χ0n) is 40.2. The van der Waals surface area contributed by atoms with Gasteiger partial charge in [0.1, 0.15) is 0 Å². The van der Waals surface area contributed by atoms with E-state index in [0.29, 0.717) is 0 Å². The summed E-state index contributed by atoms with van der Waals surface area (Å²) in [5.41, 5.74) is 0. The maximum atomic E-state index is 8.74. The average Bonchev–Trinajstić information content (AvgIpc) is 1.12. The van der Waals surface area contributed by atoms with Crippen molar-refractivity contribution in [1.29, 1.82) is 0 Å². The first-order valence-electron chi connectivity index (χ1n) is 1.40. The number of hydrogen-bond donors (Lipinski definition) is 4. The predicted octanol–water partition coefficient (Wildman–Crippen LogP) is -53.2. The Balaban J connectivity index is -0.000000000434. The van der Waals surface area contributed by atoms with Crippen LogP contribution >= 0.6 is 0 Å². The van der Waals surface area contributed by atoms with Crippen LogP contribution in [-0.4, -0.2) is 35.0 Å². The summed E-state index contributed by atoms with van der Waals surface area (Å²) in [7, 11) is -9.33. The Morgan fingerprint density at radius 1 is 0.286 bits per heavy atom. The van der Waals surface area contributed by atoms with Gasteiger partial charge in [-0.1, -0.05) is 0 Å². The smallest absolute Gasteiger partial charge is 1.00 e. The Morgan fingerprint density at radius 2 is 0.286 bits per heavy atom. The van der Waals surface area contributed by atoms with Crippen LogP contribution in [0.2, 0.25) is 0 Å². The molecule has 0 saturated heterocycles. The summed E-state index contributed by atoms with van der Waals surface area (Å²) in [6.45, 7) is 0. The molecule has 0 aromatic heterocycles. The fourth-order valence-corrected chi connectivity index (χ4v) is 0. The summed E-state index contributed by atoms with van der Waals surface area (Å²) < 4.78 is 63.2. The van der Waals surface area contributed by atoms with Gasteiger partial charge in [0.25, 0.3) is 0 Å². The summed E-state index contributed by atoms with van der Waals surface area (Å²) in [5, 5.41) is 0. The van der Waals surface area contributed by atoms with Crippen LogP contribution in [0.25, 0.3) is 0 Å². The molecule has 0 fully saturated rings. The molecule has 0 amide bonds. The first kappa shape index (κ1) is 131. The first-order chi connectivity index (χ1) is 4.00. The molecule has 0 saturated carbocycles. The van der Waals surface area contributed by atoms with E-state index >= 15 is 0 Å². The summed E-state index contributed by atoms with van der Waals surface area (Å²) in [6.07, 6.45) is 0. The SMILES string of the molecule is O=S(=O)(O)O.O=S(=O)(O)O.[H-].[H-].[H-].[H-].[H-].[H-].[H-].[H-].[H-].[H-].[H-].[H-].[H-].[H-].[H-].[H-].[H-].[H-].[K+].[K+].[K+].[K+].[K+].[K+].[K+].[K+].[K+].[K+].[K+].[K+].[K+].[K+].[K+].[K+].[K+].[K+]. The fourth-order valence-electron chi connectivity index (χ4n) is 0. The van der Waals surface area contributed by atoms with Crippen LogP contribution < -0.4 is 925 Å². The second kappa shape index (κ2) is 101. The van der Waals surface area contributed by atoms with E-state index < -0.39 is 20.8 Å². The van der Waals surface area contributed by atoms with Crippen molar-refractivity contribution in [3.8, 4) is 0 Å². The minimum absolute atomic E-state index is 0. The van der Waals surface area contributed by atoms with E-state index in [9.17, 15) is 0 Å². The van der Waals surface area contributed by atoms with Crippen molar-refractivity contribution in [2.24, 2.45) is 0 Å². The Kier molecular flexibility index (Phi) is 470. The molecular formula is H22K18O8S2. The summed E-state index contributed by atoms with van der Waals surface area (Å²) >= 11 is 0. The quantitative estimate of drug-likeness (QED) is 0.139. The zero-order chi connectivity index (χ0) is 9.00. The molecule has 0 spiro atoms. The van der Waals surface area contributed by atoms with Gasteiger partial charge in [-0.3, -0.25) is 18.2 Å². The molecule has 0 heterocycles. The van der Waals surface area contributed by atoms with Crippen LogP contribution in [-0.2, 0) is 20.8 Å². The zero-order valence-corrected chi connectivity index (χ0v) is 80.1. The summed E-state index contributed by atoms with van der Waals surface area (Å²) in [6, 6.07) is 0. The van der Waals surface area contributed by atoms with Gasteiger partial charge >= 0.3 is 946 Å². The topological polar surface area (TPSA) is 149 Å². The third-order valence-electron chi connectivity index (χ3n) is 0. The third kappa shape index (κ3) is 190. The standard InChI is InChI=1S/18K.2H2O4S.18H/c;;;;;;;;;;;;;;;;;;2*1-5(2,3)4;;;;;;;;;;;;;;;;;;/h;;;;;;;;;;;;;;;;;;2*(H2,1,2,3,4);;;;;;;;;;;;;;;;;;/q18*+1;;;18*-1. The van der Waals surface area contributed by atoms with Crippen molar-refractivity contribution in [3.63, 3.8) is 0 Å². The van der Waals surface area contributed by atoms with Crippen molar-refractivity contribution < 1.29 is 986 Å². The molecule has 0 aromatic carbocycles. The first-order valence-corrected chi connectivity index (χ1v) is 4.19. The van der Waals surface area contributed by atoms with Gasteiger partial charge in [-0.15, -0.1) is 0 Å². The van der Waals surface area contributed by atoms with Gasteiger partial charge in [-0.05, 0) is 0 Å². The Hall–Kier alpha value is 29.2. The monoisotopic (exact) mass is 915 g/mol. The van der Waals surface area contributed by atoms with Crippen LogP contribution in [0, 0.1) is 0 Å². The van der Waals surface area contributed by atoms with Gasteiger partial charge in [0.15, 0.2) is 0 Å². The van der Waals surface area contributed by atoms with E-state index in [1.54, 1.807) is 0 Å². The van der Waals surface area contributed by atoms with Crippen LogP contribution in [0.4, 0.5) is 0 Å². The van der Waals surface area contributed by atoms with E-state index in [-0.39, 0.29) is 951 Å². The summed E-state index contributed by atoms with van der Waals surface area (Å²) in [4.78, 5) is 0. The van der Waals surface area contributed by atoms with Crippen molar-refractivity contribution in [3.05, 3.63) is 0 Å². The molecule has 0 bridgehead atoms. The van der Waals surface area contributed by atoms with Gasteiger partial charge in [0.2, 0.25) is 0 Å². The predicted molar refractivity (Wildman–Crippen MR) is 48.4 cm³/mol. The van der Waals surface area contributed by atoms with Crippen LogP contribution in [0.3, 0.4) is 0 Å². The number of hydrogen-bond acceptors (Lipinski definition) is 4. The normalized spacial score (nSPS) is 4.14. The molecule has 0 aromatic rings. The minimum Gasteiger partial charge on any atom is -1.00 e. The third-order valence-corrected chi connectivity index (χ3v) is 0. The van der Waals surface area contributed by atoms with E-state index in [2.05, 4.69) is 0 Å². The van der Waals surface area contributed by atoms with Crippen LogP contribution in [0.5, 0.6) is 0 Å². The molecule has 8 nitrogen and oxygen atoms in total. The molecule has 0 aliphatic heterocycles. The fraction of sp³-hybridized carbons (Fsp3) is 0. The largest absolute Gasteiger partial charge is 1.00 e. The van der Waals surface area contributed by atoms with Crippen molar-refractivity contribution in [2.75, 3.05) is 0 Å². The molecule has 0 aliphatic carbocycles. The average molecular weight is 918 g/mol. The van der Waals surface area contributed by atoms with Gasteiger partial charge in [0, 0.05) is 0 Å². The van der Waals surface area contributed by atoms with Gasteiger partial charge < -0.3 is 25.7 Å². The molecule has 0 radical (unpaired) electrons. The Bertz CT molecular complexity index is 274. The maximum absolute atomic E-state index is 8.74. The molecule has 4 N–H and O–H groups in total. The van der Waals surface area contributed by atoms with Crippen LogP contribution in [0.1, 0.15) is 25.7 Å². The molecule has 28 heteroatoms. The number of rotatable bonds is 0. The van der Waals surface area contributed by atoms with E-state index in [1.807, 2.05) is 0 Å². The molecular weight excluding hydrogens is 896 g/mol. The molecule has 0 rings (SSSR count). The van der Waals surface area contributed by atoms with Gasteiger partial charge in [-0.2, -0.15) is 16.8 Å². The van der Waals surface area contributed by atoms with Crippen LogP contribution in [0.15, 0.2) is 0 Å². The van der Waals surface area contributed by atoms with Crippen molar-refractivity contribution in [2.45, 2.75) is 0 Å². The molecule has 0 unspecified atom stereocenters. The second-order valence-electron chi connectivity index (χ2n) is 0.896. The minimum atomic E-state index is -4.67. The maximum Gasteiger partial charge on any atom is 1.00 e. The molecule has 0 atom stereocenters. The van der Waals surface area contributed by atoms with E-state index in [1.165, 1.54) is 0 Å². The molecule has 28 heavy (non-hydrogen) atoms. The van der Waals surface area contributed by atoms with Gasteiger partial charge in [0.05, 0.1) is 0 Å². The van der Waals surface area contributed by atoms with E-state index in [0.717, 1.165) is 0 Å². The second-order valence-corrected chi connectivity index (χ2v) is 2.69. The molecule has 0 aliphatic rings. The Morgan fingerprint density at radius 3 is 0.286 bits per heavy atom. The van der Waals surface area contributed by atoms with Gasteiger partial charge in [-0.25, -0.2) is 0 Å².